The second kappa shape index (κ2) is 7.90. The Hall–Kier alpha value is -1.82. The van der Waals surface area contributed by atoms with Gasteiger partial charge in [-0.2, -0.15) is 0 Å². The Morgan fingerprint density at radius 2 is 2.00 bits per heavy atom. The van der Waals surface area contributed by atoms with E-state index in [1.807, 2.05) is 19.9 Å². The summed E-state index contributed by atoms with van der Waals surface area (Å²) in [6, 6.07) is 3.57. The fraction of sp³-hybridized carbons (Fsp3) is 0.545. The fourth-order valence-electron chi connectivity index (χ4n) is 4.41. The van der Waals surface area contributed by atoms with E-state index in [9.17, 15) is 4.79 Å². The van der Waals surface area contributed by atoms with Crippen molar-refractivity contribution in [3.8, 4) is 0 Å². The van der Waals surface area contributed by atoms with Crippen molar-refractivity contribution in [1.29, 1.82) is 0 Å². The molecule has 2 heterocycles. The zero-order chi connectivity index (χ0) is 20.6. The van der Waals surface area contributed by atoms with Crippen molar-refractivity contribution >= 4 is 34.6 Å². The molecule has 1 saturated heterocycles. The van der Waals surface area contributed by atoms with Gasteiger partial charge in [0.1, 0.15) is 5.82 Å². The second-order valence-electron chi connectivity index (χ2n) is 8.01. The van der Waals surface area contributed by atoms with Crippen LogP contribution in [0.25, 0.3) is 6.08 Å². The van der Waals surface area contributed by atoms with Crippen molar-refractivity contribution in [2.45, 2.75) is 59.4 Å². The van der Waals surface area contributed by atoms with Crippen LogP contribution in [-0.4, -0.2) is 41.1 Å². The van der Waals surface area contributed by atoms with Gasteiger partial charge in [0, 0.05) is 36.4 Å². The lowest BCUT2D eigenvalue weighted by atomic mass is 9.79. The third-order valence-corrected chi connectivity index (χ3v) is 6.65. The third-order valence-electron chi connectivity index (χ3n) is 5.60. The second-order valence-corrected chi connectivity index (χ2v) is 9.02. The number of amides is 1. The number of hydrogen-bond donors (Lipinski definition) is 0. The van der Waals surface area contributed by atoms with E-state index in [2.05, 4.69) is 37.6 Å². The Kier molecular flexibility index (Phi) is 5.89. The summed E-state index contributed by atoms with van der Waals surface area (Å²) in [5, 5.41) is 0.701. The lowest BCUT2D eigenvalue weighted by Crippen LogP contribution is -2.48. The first kappa shape index (κ1) is 20.9. The van der Waals surface area contributed by atoms with E-state index in [4.69, 9.17) is 0 Å². The minimum atomic E-state index is -0.285. The Bertz CT molecular complexity index is 846. The van der Waals surface area contributed by atoms with Crippen LogP contribution in [0.2, 0.25) is 0 Å². The van der Waals surface area contributed by atoms with Gasteiger partial charge < -0.3 is 4.90 Å². The zero-order valence-corrected chi connectivity index (χ0v) is 18.5. The summed E-state index contributed by atoms with van der Waals surface area (Å²) >= 11 is 1.33. The van der Waals surface area contributed by atoms with Crippen LogP contribution in [0.4, 0.5) is 10.1 Å². The number of rotatable bonds is 4. The highest BCUT2D eigenvalue weighted by molar-refractivity contribution is 8.18. The smallest absolute Gasteiger partial charge is 0.266 e. The highest BCUT2D eigenvalue weighted by Gasteiger charge is 2.36. The predicted octanol–water partition coefficient (Wildman–Crippen LogP) is 5.25. The van der Waals surface area contributed by atoms with Gasteiger partial charge in [-0.05, 0) is 82.5 Å². The standard InChI is InChI=1S/C22H30FN3OS/c1-7-24-21-25(8-2)20(27)19(28-21)11-15-10-16-14(4)13-22(5,6)26(9-3)18(16)12-17(15)23/h10-12,14H,7-9,13H2,1-6H3/b19-11+,24-21?. The molecule has 1 amide bonds. The number of likely N-dealkylation sites (N-methyl/N-ethyl adjacent to an activating group) is 1. The highest BCUT2D eigenvalue weighted by Crippen LogP contribution is 2.44. The van der Waals surface area contributed by atoms with Crippen molar-refractivity contribution < 1.29 is 9.18 Å². The van der Waals surface area contributed by atoms with E-state index in [0.29, 0.717) is 34.6 Å². The van der Waals surface area contributed by atoms with Gasteiger partial charge in [-0.1, -0.05) is 6.92 Å². The lowest BCUT2D eigenvalue weighted by Gasteiger charge is -2.47. The van der Waals surface area contributed by atoms with E-state index in [1.165, 1.54) is 11.8 Å². The van der Waals surface area contributed by atoms with Gasteiger partial charge in [0.05, 0.1) is 4.91 Å². The van der Waals surface area contributed by atoms with Crippen molar-refractivity contribution in [2.24, 2.45) is 4.99 Å². The van der Waals surface area contributed by atoms with Crippen LogP contribution in [-0.2, 0) is 4.79 Å². The minimum Gasteiger partial charge on any atom is -0.366 e. The third kappa shape index (κ3) is 3.59. The molecule has 1 atom stereocenters. The van der Waals surface area contributed by atoms with E-state index >= 15 is 4.39 Å². The maximum Gasteiger partial charge on any atom is 0.266 e. The molecule has 2 aliphatic rings. The summed E-state index contributed by atoms with van der Waals surface area (Å²) in [5.41, 5.74) is 2.60. The van der Waals surface area contributed by atoms with Crippen LogP contribution in [0, 0.1) is 5.82 Å². The SMILES string of the molecule is CCN=C1S/C(=C/c2cc3c(cc2F)N(CC)C(C)(C)CC3C)C(=O)N1CC. The average molecular weight is 404 g/mol. The Balaban J connectivity index is 2.04. The van der Waals surface area contributed by atoms with Crippen LogP contribution in [0.1, 0.15) is 65.0 Å². The summed E-state index contributed by atoms with van der Waals surface area (Å²) < 4.78 is 15.0. The number of aliphatic imine (C=N–C) groups is 1. The van der Waals surface area contributed by atoms with Gasteiger partial charge in [0.25, 0.3) is 5.91 Å². The first-order valence-corrected chi connectivity index (χ1v) is 10.9. The van der Waals surface area contributed by atoms with Crippen LogP contribution >= 0.6 is 11.8 Å². The molecule has 1 aromatic carbocycles. The molecule has 0 aliphatic carbocycles. The molecule has 0 aromatic heterocycles. The predicted molar refractivity (Wildman–Crippen MR) is 117 cm³/mol. The molecule has 28 heavy (non-hydrogen) atoms. The van der Waals surface area contributed by atoms with Crippen LogP contribution in [0.15, 0.2) is 22.0 Å². The zero-order valence-electron chi connectivity index (χ0n) is 17.7. The molecule has 0 N–H and O–H groups in total. The summed E-state index contributed by atoms with van der Waals surface area (Å²) in [4.78, 5) is 21.6. The van der Waals surface area contributed by atoms with Gasteiger partial charge >= 0.3 is 0 Å². The molecule has 6 heteroatoms. The van der Waals surface area contributed by atoms with Gasteiger partial charge in [-0.3, -0.25) is 14.7 Å². The van der Waals surface area contributed by atoms with Crippen LogP contribution < -0.4 is 4.90 Å². The maximum atomic E-state index is 15.0. The molecular weight excluding hydrogens is 373 g/mol. The van der Waals surface area contributed by atoms with E-state index in [1.54, 1.807) is 17.0 Å². The molecule has 1 unspecified atom stereocenters. The summed E-state index contributed by atoms with van der Waals surface area (Å²) in [7, 11) is 0. The molecule has 0 saturated carbocycles. The topological polar surface area (TPSA) is 35.9 Å². The lowest BCUT2D eigenvalue weighted by molar-refractivity contribution is -0.122. The number of amidine groups is 1. The molecule has 1 fully saturated rings. The van der Waals surface area contributed by atoms with Gasteiger partial charge in [0.15, 0.2) is 5.17 Å². The maximum absolute atomic E-state index is 15.0. The minimum absolute atomic E-state index is 0.00198. The molecular formula is C22H30FN3OS. The highest BCUT2D eigenvalue weighted by atomic mass is 32.2. The van der Waals surface area contributed by atoms with Gasteiger partial charge in [0.2, 0.25) is 0 Å². The van der Waals surface area contributed by atoms with Crippen molar-refractivity contribution in [1.82, 2.24) is 4.90 Å². The molecule has 1 aromatic rings. The van der Waals surface area contributed by atoms with Crippen molar-refractivity contribution in [3.63, 3.8) is 0 Å². The summed E-state index contributed by atoms with van der Waals surface area (Å²) in [5.74, 6) is -0.0463. The van der Waals surface area contributed by atoms with Crippen LogP contribution in [0.5, 0.6) is 0 Å². The van der Waals surface area contributed by atoms with Gasteiger partial charge in [-0.25, -0.2) is 4.39 Å². The summed E-state index contributed by atoms with van der Waals surface area (Å²) in [6.45, 7) is 14.6. The normalized spacial score (nSPS) is 24.4. The Labute approximate surface area is 171 Å². The van der Waals surface area contributed by atoms with Crippen LogP contribution in [0.3, 0.4) is 0 Å². The quantitative estimate of drug-likeness (QED) is 0.644. The van der Waals surface area contributed by atoms with E-state index in [0.717, 1.165) is 24.2 Å². The molecule has 0 bridgehead atoms. The number of hydrogen-bond acceptors (Lipinski definition) is 4. The monoisotopic (exact) mass is 403 g/mol. The Morgan fingerprint density at radius 3 is 2.61 bits per heavy atom. The van der Waals surface area contributed by atoms with E-state index < -0.39 is 0 Å². The first-order valence-electron chi connectivity index (χ1n) is 10.1. The number of benzene rings is 1. The van der Waals surface area contributed by atoms with Gasteiger partial charge in [-0.15, -0.1) is 0 Å². The molecule has 4 nitrogen and oxygen atoms in total. The fourth-order valence-corrected chi connectivity index (χ4v) is 5.51. The number of nitrogens with zero attached hydrogens (tertiary/aromatic N) is 3. The number of carbonyl (C=O) groups excluding carboxylic acids is 1. The van der Waals surface area contributed by atoms with Crippen molar-refractivity contribution in [3.05, 3.63) is 34.0 Å². The van der Waals surface area contributed by atoms with E-state index in [-0.39, 0.29) is 17.3 Å². The Morgan fingerprint density at radius 1 is 1.29 bits per heavy atom. The first-order chi connectivity index (χ1) is 13.2. The molecule has 0 radical (unpaired) electrons. The molecule has 152 valence electrons. The largest absolute Gasteiger partial charge is 0.366 e. The number of carbonyl (C=O) groups is 1. The molecule has 3 rings (SSSR count). The number of anilines is 1. The molecule has 0 spiro atoms. The molecule has 2 aliphatic heterocycles. The number of thioether (sulfide) groups is 1. The number of halogens is 1. The average Bonchev–Trinajstić information content (AvgIpc) is 2.91. The van der Waals surface area contributed by atoms with Crippen molar-refractivity contribution in [2.75, 3.05) is 24.5 Å². The summed E-state index contributed by atoms with van der Waals surface area (Å²) in [6.07, 6.45) is 2.70. The number of fused-ring (bicyclic) bond motifs is 1.